The monoisotopic (exact) mass is 409 g/mol. The van der Waals surface area contributed by atoms with Crippen LogP contribution in [0.15, 0.2) is 10.9 Å². The third-order valence-corrected chi connectivity index (χ3v) is 5.27. The van der Waals surface area contributed by atoms with Crippen LogP contribution in [0.25, 0.3) is 5.65 Å². The average Bonchev–Trinajstić information content (AvgIpc) is 3.33. The highest BCUT2D eigenvalue weighted by Gasteiger charge is 2.30. The van der Waals surface area contributed by atoms with Crippen molar-refractivity contribution in [2.75, 3.05) is 13.1 Å². The molecule has 1 unspecified atom stereocenters. The Morgan fingerprint density at radius 3 is 2.75 bits per heavy atom. The standard InChI is InChI=1S/C19H27N5O3.ClH/c1-11(2)10-23-15-8-14(12-4-3-7-20-9-12)22-24(15)19(27)16(18(23)26)17(25)21-13-5-6-13;/h8,11-13,20,27H,3-7,9-10H2,1-2H3,(H,21,25);1H. The highest BCUT2D eigenvalue weighted by molar-refractivity contribution is 5.96. The van der Waals surface area contributed by atoms with Crippen molar-refractivity contribution >= 4 is 24.0 Å². The van der Waals surface area contributed by atoms with Gasteiger partial charge in [0.25, 0.3) is 11.5 Å². The number of nitrogens with zero attached hydrogens (tertiary/aromatic N) is 3. The van der Waals surface area contributed by atoms with Crippen LogP contribution in [0.1, 0.15) is 61.5 Å². The van der Waals surface area contributed by atoms with Crippen LogP contribution in [-0.2, 0) is 6.54 Å². The van der Waals surface area contributed by atoms with Gasteiger partial charge < -0.3 is 15.7 Å². The third kappa shape index (κ3) is 3.89. The van der Waals surface area contributed by atoms with Gasteiger partial charge in [-0.3, -0.25) is 14.2 Å². The van der Waals surface area contributed by atoms with E-state index in [1.54, 1.807) is 4.57 Å². The van der Waals surface area contributed by atoms with Gasteiger partial charge in [-0.1, -0.05) is 13.8 Å². The number of hydrogen-bond acceptors (Lipinski definition) is 5. The average molecular weight is 410 g/mol. The highest BCUT2D eigenvalue weighted by Crippen LogP contribution is 2.26. The van der Waals surface area contributed by atoms with Crippen LogP contribution in [0.4, 0.5) is 0 Å². The van der Waals surface area contributed by atoms with Gasteiger partial charge in [0.1, 0.15) is 5.65 Å². The van der Waals surface area contributed by atoms with E-state index in [4.69, 9.17) is 0 Å². The molecule has 2 fully saturated rings. The number of piperidine rings is 1. The maximum absolute atomic E-state index is 13.1. The van der Waals surface area contributed by atoms with Crippen LogP contribution in [0.2, 0.25) is 0 Å². The first-order chi connectivity index (χ1) is 13.0. The van der Waals surface area contributed by atoms with E-state index in [0.29, 0.717) is 12.2 Å². The smallest absolute Gasteiger partial charge is 0.270 e. The molecular weight excluding hydrogens is 382 g/mol. The van der Waals surface area contributed by atoms with Gasteiger partial charge in [-0.05, 0) is 38.1 Å². The molecule has 1 amide bonds. The normalized spacial score (nSPS) is 19.6. The second-order valence-corrected chi connectivity index (χ2v) is 8.14. The molecule has 3 N–H and O–H groups in total. The maximum atomic E-state index is 13.1. The summed E-state index contributed by atoms with van der Waals surface area (Å²) in [6, 6.07) is 1.98. The molecule has 1 atom stereocenters. The van der Waals surface area contributed by atoms with Crippen molar-refractivity contribution in [3.05, 3.63) is 27.7 Å². The fourth-order valence-corrected chi connectivity index (χ4v) is 3.71. The van der Waals surface area contributed by atoms with Gasteiger partial charge in [-0.15, -0.1) is 12.4 Å². The van der Waals surface area contributed by atoms with Gasteiger partial charge in [-0.2, -0.15) is 9.61 Å². The lowest BCUT2D eigenvalue weighted by atomic mass is 9.96. The number of aromatic hydroxyl groups is 1. The van der Waals surface area contributed by atoms with Gasteiger partial charge in [0, 0.05) is 31.1 Å². The van der Waals surface area contributed by atoms with Crippen LogP contribution in [0.3, 0.4) is 0 Å². The van der Waals surface area contributed by atoms with E-state index in [1.165, 1.54) is 4.52 Å². The van der Waals surface area contributed by atoms with E-state index in [9.17, 15) is 14.7 Å². The largest absolute Gasteiger partial charge is 0.492 e. The molecule has 28 heavy (non-hydrogen) atoms. The van der Waals surface area contributed by atoms with Gasteiger partial charge in [-0.25, -0.2) is 0 Å². The summed E-state index contributed by atoms with van der Waals surface area (Å²) in [6.45, 7) is 6.32. The summed E-state index contributed by atoms with van der Waals surface area (Å²) < 4.78 is 2.93. The predicted octanol–water partition coefficient (Wildman–Crippen LogP) is 1.64. The fourth-order valence-electron chi connectivity index (χ4n) is 3.71. The second kappa shape index (κ2) is 8.13. The van der Waals surface area contributed by atoms with Crippen molar-refractivity contribution in [3.63, 3.8) is 0 Å². The number of carbonyl (C=O) groups excluding carboxylic acids is 1. The summed E-state index contributed by atoms with van der Waals surface area (Å²) in [6.07, 6.45) is 3.91. The second-order valence-electron chi connectivity index (χ2n) is 8.14. The van der Waals surface area contributed by atoms with E-state index in [2.05, 4.69) is 15.7 Å². The first-order valence-corrected chi connectivity index (χ1v) is 9.82. The number of nitrogens with one attached hydrogen (secondary N) is 2. The molecule has 0 aromatic carbocycles. The van der Waals surface area contributed by atoms with Crippen LogP contribution < -0.4 is 16.2 Å². The number of amides is 1. The third-order valence-electron chi connectivity index (χ3n) is 5.27. The van der Waals surface area contributed by atoms with Crippen molar-refractivity contribution in [2.24, 2.45) is 5.92 Å². The maximum Gasteiger partial charge on any atom is 0.270 e. The molecule has 0 bridgehead atoms. The quantitative estimate of drug-likeness (QED) is 0.697. The molecule has 1 aliphatic carbocycles. The molecule has 0 radical (unpaired) electrons. The molecule has 8 nitrogen and oxygen atoms in total. The first kappa shape index (κ1) is 20.7. The summed E-state index contributed by atoms with van der Waals surface area (Å²) in [5.41, 5.74) is 0.704. The van der Waals surface area contributed by atoms with Crippen molar-refractivity contribution in [1.82, 2.24) is 24.8 Å². The van der Waals surface area contributed by atoms with E-state index < -0.39 is 11.5 Å². The number of halogens is 1. The zero-order valence-corrected chi connectivity index (χ0v) is 17.1. The van der Waals surface area contributed by atoms with Crippen molar-refractivity contribution in [3.8, 4) is 5.88 Å². The highest BCUT2D eigenvalue weighted by atomic mass is 35.5. The van der Waals surface area contributed by atoms with Crippen LogP contribution in [0.5, 0.6) is 5.88 Å². The molecule has 2 aliphatic rings. The Labute approximate surface area is 169 Å². The molecule has 3 heterocycles. The number of rotatable bonds is 5. The molecule has 4 rings (SSSR count). The van der Waals surface area contributed by atoms with Gasteiger partial charge in [0.05, 0.1) is 5.69 Å². The first-order valence-electron chi connectivity index (χ1n) is 9.82. The number of aromatic nitrogens is 3. The Balaban J connectivity index is 0.00000225. The van der Waals surface area contributed by atoms with E-state index >= 15 is 0 Å². The number of carbonyl (C=O) groups is 1. The Kier molecular flexibility index (Phi) is 6.00. The minimum atomic E-state index is -0.518. The summed E-state index contributed by atoms with van der Waals surface area (Å²) >= 11 is 0. The molecule has 2 aromatic rings. The number of fused-ring (bicyclic) bond motifs is 1. The van der Waals surface area contributed by atoms with Crippen LogP contribution >= 0.6 is 12.4 Å². The van der Waals surface area contributed by atoms with Crippen molar-refractivity contribution < 1.29 is 9.90 Å². The molecule has 1 aliphatic heterocycles. The lowest BCUT2D eigenvalue weighted by molar-refractivity contribution is 0.0944. The van der Waals surface area contributed by atoms with E-state index in [1.807, 2.05) is 19.9 Å². The fraction of sp³-hybridized carbons (Fsp3) is 0.632. The van der Waals surface area contributed by atoms with E-state index in [0.717, 1.165) is 44.5 Å². The lowest BCUT2D eigenvalue weighted by Gasteiger charge is -2.20. The molecule has 9 heteroatoms. The van der Waals surface area contributed by atoms with Crippen molar-refractivity contribution in [2.45, 2.75) is 58.0 Å². The lowest BCUT2D eigenvalue weighted by Crippen LogP contribution is -2.36. The van der Waals surface area contributed by atoms with Gasteiger partial charge >= 0.3 is 0 Å². The summed E-state index contributed by atoms with van der Waals surface area (Å²) in [7, 11) is 0. The topological polar surface area (TPSA) is 101 Å². The molecule has 0 spiro atoms. The zero-order valence-electron chi connectivity index (χ0n) is 16.3. The van der Waals surface area contributed by atoms with E-state index in [-0.39, 0.29) is 41.7 Å². The predicted molar refractivity (Wildman–Crippen MR) is 109 cm³/mol. The number of hydrogen-bond donors (Lipinski definition) is 3. The molecule has 154 valence electrons. The summed E-state index contributed by atoms with van der Waals surface area (Å²) in [5.74, 6) is -0.437. The zero-order chi connectivity index (χ0) is 19.1. The molecule has 2 aromatic heterocycles. The van der Waals surface area contributed by atoms with Crippen LogP contribution in [0, 0.1) is 5.92 Å². The summed E-state index contributed by atoms with van der Waals surface area (Å²) in [4.78, 5) is 25.6. The van der Waals surface area contributed by atoms with Gasteiger partial charge in [0.15, 0.2) is 5.56 Å². The SMILES string of the molecule is CC(C)Cn1c(=O)c(C(=O)NC2CC2)c(O)n2nc(C3CCCNC3)cc12.Cl. The molecule has 1 saturated heterocycles. The Morgan fingerprint density at radius 2 is 2.14 bits per heavy atom. The van der Waals surface area contributed by atoms with Crippen LogP contribution in [-0.4, -0.2) is 44.3 Å². The molecule has 1 saturated carbocycles. The summed E-state index contributed by atoms with van der Waals surface area (Å²) in [5, 5.41) is 21.5. The molecular formula is C19H28ClN5O3. The Hall–Kier alpha value is -2.06. The minimum Gasteiger partial charge on any atom is -0.492 e. The van der Waals surface area contributed by atoms with Gasteiger partial charge in [0.2, 0.25) is 5.88 Å². The minimum absolute atomic E-state index is 0. The Bertz CT molecular complexity index is 926. The Morgan fingerprint density at radius 1 is 1.39 bits per heavy atom. The van der Waals surface area contributed by atoms with Crippen molar-refractivity contribution in [1.29, 1.82) is 0 Å².